The second kappa shape index (κ2) is 38.4. The van der Waals surface area contributed by atoms with E-state index in [1.807, 2.05) is 113 Å². The van der Waals surface area contributed by atoms with E-state index in [2.05, 4.69) is 116 Å². The maximum absolute atomic E-state index is 11.2. The molecule has 1 N–H and O–H groups in total. The minimum absolute atomic E-state index is 0. The number of nitrogens with zero attached hydrogens (tertiary/aromatic N) is 1. The topological polar surface area (TPSA) is 275 Å². The van der Waals surface area contributed by atoms with Gasteiger partial charge in [0.2, 0.25) is 0 Å². The van der Waals surface area contributed by atoms with Crippen molar-refractivity contribution < 1.29 is 135 Å². The van der Waals surface area contributed by atoms with Gasteiger partial charge in [-0.05, 0) is 185 Å². The van der Waals surface area contributed by atoms with Crippen molar-refractivity contribution in [1.29, 1.82) is 0 Å². The summed E-state index contributed by atoms with van der Waals surface area (Å²) < 4.78 is 158. The SMILES string of the molecule is CCCCOc1cc(-c2ccc(-c3ccc(C)cc3)cc2)c(OCCCS(=O)(=O)[O-])cc1C.CCCCOc1cc(-c2ccc(C)cc2)c(OCCCS(=O)(=O)[O-])cc1C.Cc1ccc2c(c1)-c1cc(-c3ccc4c(c3)c3cc(C)ccc3n4CCCS(=O)(=O)[O-])ccc1[NH+]2CCCS(=O)(=O)[O-].[Na+].[Na+]. The first-order valence-electron chi connectivity index (χ1n) is 34.4. The number of hydrogen-bond donors (Lipinski definition) is 1. The Kier molecular flexibility index (Phi) is 31.3. The fourth-order valence-corrected chi connectivity index (χ4v) is 14.3. The van der Waals surface area contributed by atoms with Crippen LogP contribution in [-0.4, -0.2) is 112 Å². The zero-order chi connectivity index (χ0) is 73.5. The van der Waals surface area contributed by atoms with Crippen molar-refractivity contribution in [3.8, 4) is 78.6 Å². The van der Waals surface area contributed by atoms with Gasteiger partial charge in [-0.1, -0.05) is 140 Å². The van der Waals surface area contributed by atoms with Crippen LogP contribution in [-0.2, 0) is 47.0 Å². The van der Waals surface area contributed by atoms with Crippen LogP contribution < -0.4 is 83.0 Å². The average molecular weight is 1510 g/mol. The monoisotopic (exact) mass is 1510 g/mol. The van der Waals surface area contributed by atoms with Crippen molar-refractivity contribution >= 4 is 73.7 Å². The first-order chi connectivity index (χ1) is 48.4. The summed E-state index contributed by atoms with van der Waals surface area (Å²) in [5.74, 6) is 1.26. The summed E-state index contributed by atoms with van der Waals surface area (Å²) in [5.41, 5.74) is 20.9. The molecule has 11 rings (SSSR count). The molecular formula is C80H89N2Na2O16S4-. The number of quaternary nitrogens is 1. The third-order valence-corrected chi connectivity index (χ3v) is 20.8. The van der Waals surface area contributed by atoms with Crippen LogP contribution in [0.2, 0.25) is 0 Å². The van der Waals surface area contributed by atoms with Crippen LogP contribution >= 0.6 is 0 Å². The largest absolute Gasteiger partial charge is 1.00 e. The van der Waals surface area contributed by atoms with E-state index in [9.17, 15) is 51.9 Å². The van der Waals surface area contributed by atoms with Gasteiger partial charge in [-0.2, -0.15) is 0 Å². The number of hydrogen-bond acceptors (Lipinski definition) is 16. The van der Waals surface area contributed by atoms with Gasteiger partial charge in [0, 0.05) is 92.2 Å². The number of benzene rings is 9. The van der Waals surface area contributed by atoms with Gasteiger partial charge in [0.15, 0.2) is 0 Å². The molecule has 9 aromatic carbocycles. The van der Waals surface area contributed by atoms with E-state index in [1.54, 1.807) is 0 Å². The normalized spacial score (nSPS) is 12.6. The van der Waals surface area contributed by atoms with Crippen molar-refractivity contribution in [2.75, 3.05) is 56.0 Å². The van der Waals surface area contributed by atoms with Gasteiger partial charge < -0.3 is 41.7 Å². The molecule has 0 fully saturated rings. The molecule has 104 heavy (non-hydrogen) atoms. The van der Waals surface area contributed by atoms with E-state index in [0.717, 1.165) is 159 Å². The Morgan fingerprint density at radius 2 is 0.683 bits per heavy atom. The molecule has 542 valence electrons. The Hall–Kier alpha value is -6.42. The van der Waals surface area contributed by atoms with E-state index >= 15 is 0 Å². The van der Waals surface area contributed by atoms with E-state index in [-0.39, 0.29) is 104 Å². The molecule has 10 aromatic rings. The first-order valence-corrected chi connectivity index (χ1v) is 40.7. The first kappa shape index (κ1) is 84.8. The molecule has 24 heteroatoms. The Morgan fingerprint density at radius 3 is 1.17 bits per heavy atom. The van der Waals surface area contributed by atoms with Crippen LogP contribution in [0.4, 0.5) is 11.4 Å². The molecule has 0 saturated heterocycles. The van der Waals surface area contributed by atoms with Crippen molar-refractivity contribution in [2.45, 2.75) is 113 Å². The molecule has 0 spiro atoms. The molecule has 1 unspecified atom stereocenters. The standard InChI is InChI=1S/C32H32N2O6S2.C27H32O5S.C21H28O5S.2Na/c1-21-5-9-29-25(17-21)27-19-23(7-11-31(27)33(29)13-3-15-41(35,36)37)24-8-12-32-28(20-24)26-18-22(2)6-10-30(26)34(32)14-4-16-42(38,39)40;1-4-5-15-31-26-19-25(27(18-21(26)3)32-16-6-17-33(28,29)30)24-13-11-23(12-14-24)22-9-7-20(2)8-10-22;1-4-5-11-25-20-15-19(18-9-7-16(2)8-10-18)21(14-17(20)3)26-12-6-13-27(22,23)24;;/h5-12,17-20H,3-4,13-16H2,1-2H3,(H,35,36,37)(H,38,39,40);7-14,18-19H,4-6,15-17H2,1-3H3,(H,28,29,30);7-10,14-15H,4-6,11-13H2,1-3H3,(H,22,23,24);;/q;;;2*+1/p-3. The fourth-order valence-electron chi connectivity index (χ4n) is 12.4. The minimum Gasteiger partial charge on any atom is -0.748 e. The Bertz CT molecular complexity index is 5050. The van der Waals surface area contributed by atoms with Gasteiger partial charge in [-0.25, -0.2) is 33.7 Å². The summed E-state index contributed by atoms with van der Waals surface area (Å²) in [6.07, 6.45) is 4.89. The summed E-state index contributed by atoms with van der Waals surface area (Å²) in [5, 5.41) is 2.13. The number of nitrogens with one attached hydrogen (secondary N) is 1. The summed E-state index contributed by atoms with van der Waals surface area (Å²) in [6.45, 7) is 18.9. The second-order valence-electron chi connectivity index (χ2n) is 26.0. The second-order valence-corrected chi connectivity index (χ2v) is 32.1. The molecule has 0 saturated carbocycles. The zero-order valence-electron chi connectivity index (χ0n) is 61.0. The number of fused-ring (bicyclic) bond motifs is 6. The molecule has 1 aliphatic rings. The number of aryl methyl sites for hydroxylation is 7. The predicted molar refractivity (Wildman–Crippen MR) is 402 cm³/mol. The van der Waals surface area contributed by atoms with Crippen LogP contribution in [0.1, 0.15) is 98.6 Å². The molecule has 1 aromatic heterocycles. The predicted octanol–water partition coefficient (Wildman–Crippen LogP) is 9.38. The van der Waals surface area contributed by atoms with E-state index in [1.165, 1.54) is 5.56 Å². The van der Waals surface area contributed by atoms with Gasteiger partial charge in [0.1, 0.15) is 34.4 Å². The third-order valence-electron chi connectivity index (χ3n) is 17.7. The fraction of sp³-hybridized carbons (Fsp3) is 0.325. The van der Waals surface area contributed by atoms with E-state index in [0.29, 0.717) is 37.8 Å². The summed E-state index contributed by atoms with van der Waals surface area (Å²) in [4.78, 5) is 1.06. The molecule has 0 bridgehead atoms. The Balaban J connectivity index is 0.000000222. The molecule has 2 heterocycles. The summed E-state index contributed by atoms with van der Waals surface area (Å²) in [6, 6.07) is 57.6. The smallest absolute Gasteiger partial charge is 0.748 e. The number of unbranched alkanes of at least 4 members (excludes halogenated alkanes) is 2. The van der Waals surface area contributed by atoms with Crippen LogP contribution in [0.3, 0.4) is 0 Å². The van der Waals surface area contributed by atoms with Gasteiger partial charge in [0.25, 0.3) is 0 Å². The zero-order valence-corrected chi connectivity index (χ0v) is 68.3. The summed E-state index contributed by atoms with van der Waals surface area (Å²) >= 11 is 0. The van der Waals surface area contributed by atoms with E-state index in [4.69, 9.17) is 18.9 Å². The molecular weight excluding hydrogens is 1420 g/mol. The Morgan fingerprint density at radius 1 is 0.337 bits per heavy atom. The van der Waals surface area contributed by atoms with Gasteiger partial charge in [-0.3, -0.25) is 4.90 Å². The number of rotatable bonds is 30. The molecule has 18 nitrogen and oxygen atoms in total. The maximum Gasteiger partial charge on any atom is 1.00 e. The quantitative estimate of drug-likeness (QED) is 0.0249. The van der Waals surface area contributed by atoms with Crippen LogP contribution in [0, 0.1) is 41.5 Å². The Labute approximate surface area is 658 Å². The van der Waals surface area contributed by atoms with Crippen molar-refractivity contribution in [3.63, 3.8) is 0 Å². The minimum atomic E-state index is -4.28. The molecule has 1 atom stereocenters. The van der Waals surface area contributed by atoms with Crippen LogP contribution in [0.25, 0.3) is 77.4 Å². The summed E-state index contributed by atoms with van der Waals surface area (Å²) in [7, 11) is -17.0. The van der Waals surface area contributed by atoms with Gasteiger partial charge in [-0.15, -0.1) is 0 Å². The van der Waals surface area contributed by atoms with Crippen LogP contribution in [0.5, 0.6) is 23.0 Å². The van der Waals surface area contributed by atoms with Crippen molar-refractivity contribution in [3.05, 3.63) is 203 Å². The number of aromatic nitrogens is 1. The van der Waals surface area contributed by atoms with E-state index < -0.39 is 57.7 Å². The molecule has 1 aliphatic heterocycles. The maximum atomic E-state index is 11.2. The molecule has 0 aliphatic carbocycles. The molecule has 0 radical (unpaired) electrons. The van der Waals surface area contributed by atoms with Gasteiger partial charge in [0.05, 0.1) is 73.4 Å². The van der Waals surface area contributed by atoms with Crippen molar-refractivity contribution in [1.82, 2.24) is 4.57 Å². The molecule has 0 amide bonds. The van der Waals surface area contributed by atoms with Crippen molar-refractivity contribution in [2.24, 2.45) is 0 Å². The third kappa shape index (κ3) is 24.3. The average Bonchev–Trinajstić information content (AvgIpc) is 1.59. The van der Waals surface area contributed by atoms with Gasteiger partial charge >= 0.3 is 59.1 Å². The number of ether oxygens (including phenoxy) is 4. The van der Waals surface area contributed by atoms with Crippen LogP contribution in [0.15, 0.2) is 170 Å².